The van der Waals surface area contributed by atoms with Crippen LogP contribution in [0.1, 0.15) is 30.6 Å². The van der Waals surface area contributed by atoms with Gasteiger partial charge in [0.1, 0.15) is 5.75 Å². The van der Waals surface area contributed by atoms with E-state index >= 15 is 0 Å². The molecule has 1 unspecified atom stereocenters. The van der Waals surface area contributed by atoms with E-state index in [1.165, 1.54) is 18.2 Å². The average Bonchev–Trinajstić information content (AvgIpc) is 2.38. The second kappa shape index (κ2) is 6.75. The smallest absolute Gasteiger partial charge is 0.335 e. The predicted octanol–water partition coefficient (Wildman–Crippen LogP) is 1.42. The van der Waals surface area contributed by atoms with Gasteiger partial charge in [-0.1, -0.05) is 6.92 Å². The third-order valence-corrected chi connectivity index (χ3v) is 2.74. The number of phenolic OH excluding ortho intramolecular Hbond substituents is 1. The Balaban J connectivity index is 2.68. The summed E-state index contributed by atoms with van der Waals surface area (Å²) in [6, 6.07) is 3.94. The fourth-order valence-electron chi connectivity index (χ4n) is 1.37. The van der Waals surface area contributed by atoms with Gasteiger partial charge in [0.25, 0.3) is 0 Å². The molecule has 4 N–H and O–H groups in total. The number of carboxylic acid groups (broad SMARTS) is 1. The van der Waals surface area contributed by atoms with Crippen LogP contribution in [0.4, 0.5) is 5.69 Å². The van der Waals surface area contributed by atoms with Crippen LogP contribution in [0, 0.1) is 0 Å². The third kappa shape index (κ3) is 4.59. The second-order valence-electron chi connectivity index (χ2n) is 4.28. The number of benzene rings is 1. The van der Waals surface area contributed by atoms with Crippen LogP contribution in [0.2, 0.25) is 0 Å². The highest BCUT2D eigenvalue weighted by molar-refractivity contribution is 5.96. The SMILES string of the molecule is CCC(C)NCC(=O)Nc1cc(C(=O)O)ccc1O. The largest absolute Gasteiger partial charge is 0.506 e. The lowest BCUT2D eigenvalue weighted by atomic mass is 10.2. The highest BCUT2D eigenvalue weighted by Gasteiger charge is 2.11. The molecule has 1 rings (SSSR count). The molecule has 104 valence electrons. The molecule has 1 aromatic rings. The summed E-state index contributed by atoms with van der Waals surface area (Å²) in [7, 11) is 0. The van der Waals surface area contributed by atoms with E-state index in [2.05, 4.69) is 10.6 Å². The average molecular weight is 266 g/mol. The molecule has 0 aliphatic rings. The molecule has 0 aromatic heterocycles. The van der Waals surface area contributed by atoms with E-state index in [9.17, 15) is 14.7 Å². The topological polar surface area (TPSA) is 98.7 Å². The molecule has 0 bridgehead atoms. The van der Waals surface area contributed by atoms with Crippen LogP contribution in [0.15, 0.2) is 18.2 Å². The molecule has 6 heteroatoms. The zero-order valence-electron chi connectivity index (χ0n) is 10.9. The number of amides is 1. The molecule has 0 spiro atoms. The van der Waals surface area contributed by atoms with Gasteiger partial charge in [-0.25, -0.2) is 4.79 Å². The fraction of sp³-hybridized carbons (Fsp3) is 0.385. The lowest BCUT2D eigenvalue weighted by Gasteiger charge is -2.12. The summed E-state index contributed by atoms with van der Waals surface area (Å²) in [5, 5.41) is 23.9. The number of aromatic carboxylic acids is 1. The summed E-state index contributed by atoms with van der Waals surface area (Å²) < 4.78 is 0. The Kier molecular flexibility index (Phi) is 5.32. The molecule has 0 saturated heterocycles. The van der Waals surface area contributed by atoms with Crippen molar-refractivity contribution in [1.82, 2.24) is 5.32 Å². The minimum absolute atomic E-state index is 0.00276. The number of carbonyl (C=O) groups is 2. The Hall–Kier alpha value is -2.08. The summed E-state index contributed by atoms with van der Waals surface area (Å²) in [4.78, 5) is 22.4. The summed E-state index contributed by atoms with van der Waals surface area (Å²) in [6.45, 7) is 4.05. The van der Waals surface area contributed by atoms with Crippen molar-refractivity contribution in [2.24, 2.45) is 0 Å². The molecule has 1 aromatic carbocycles. The number of hydrogen-bond acceptors (Lipinski definition) is 4. The van der Waals surface area contributed by atoms with Crippen molar-refractivity contribution in [2.75, 3.05) is 11.9 Å². The second-order valence-corrected chi connectivity index (χ2v) is 4.28. The summed E-state index contributed by atoms with van der Waals surface area (Å²) in [5.41, 5.74) is 0.0961. The number of rotatable bonds is 6. The number of aromatic hydroxyl groups is 1. The molecule has 6 nitrogen and oxygen atoms in total. The summed E-state index contributed by atoms with van der Waals surface area (Å²) in [5.74, 6) is -1.62. The van der Waals surface area contributed by atoms with Crippen molar-refractivity contribution in [3.8, 4) is 5.75 Å². The van der Waals surface area contributed by atoms with E-state index < -0.39 is 5.97 Å². The van der Waals surface area contributed by atoms with Crippen LogP contribution >= 0.6 is 0 Å². The molecule has 19 heavy (non-hydrogen) atoms. The van der Waals surface area contributed by atoms with Gasteiger partial charge in [-0.05, 0) is 31.5 Å². The number of hydrogen-bond donors (Lipinski definition) is 4. The molecule has 0 aliphatic heterocycles. The number of carboxylic acids is 1. The maximum Gasteiger partial charge on any atom is 0.335 e. The minimum Gasteiger partial charge on any atom is -0.506 e. The molecular formula is C13H18N2O4. The van der Waals surface area contributed by atoms with Crippen molar-refractivity contribution >= 4 is 17.6 Å². The Labute approximate surface area is 111 Å². The maximum absolute atomic E-state index is 11.6. The van der Waals surface area contributed by atoms with Gasteiger partial charge >= 0.3 is 5.97 Å². The molecule has 1 amide bonds. The van der Waals surface area contributed by atoms with Gasteiger partial charge < -0.3 is 20.8 Å². The lowest BCUT2D eigenvalue weighted by molar-refractivity contribution is -0.115. The van der Waals surface area contributed by atoms with Crippen LogP contribution < -0.4 is 10.6 Å². The summed E-state index contributed by atoms with van der Waals surface area (Å²) in [6.07, 6.45) is 0.896. The van der Waals surface area contributed by atoms with Crippen LogP contribution in [-0.4, -0.2) is 34.7 Å². The van der Waals surface area contributed by atoms with Crippen molar-refractivity contribution < 1.29 is 19.8 Å². The van der Waals surface area contributed by atoms with Gasteiger partial charge in [-0.15, -0.1) is 0 Å². The van der Waals surface area contributed by atoms with Crippen molar-refractivity contribution in [3.63, 3.8) is 0 Å². The normalized spacial score (nSPS) is 11.9. The Morgan fingerprint density at radius 3 is 2.63 bits per heavy atom. The first-order valence-electron chi connectivity index (χ1n) is 6.03. The lowest BCUT2D eigenvalue weighted by Crippen LogP contribution is -2.34. The standard InChI is InChI=1S/C13H18N2O4/c1-3-8(2)14-7-12(17)15-10-6-9(13(18)19)4-5-11(10)16/h4-6,8,14,16H,3,7H2,1-2H3,(H,15,17)(H,18,19). The number of anilines is 1. The maximum atomic E-state index is 11.6. The van der Waals surface area contributed by atoms with E-state index in [4.69, 9.17) is 5.11 Å². The highest BCUT2D eigenvalue weighted by Crippen LogP contribution is 2.24. The zero-order chi connectivity index (χ0) is 14.4. The van der Waals surface area contributed by atoms with Crippen molar-refractivity contribution in [3.05, 3.63) is 23.8 Å². The quantitative estimate of drug-likeness (QED) is 0.584. The predicted molar refractivity (Wildman–Crippen MR) is 71.5 cm³/mol. The molecule has 0 saturated carbocycles. The van der Waals surface area contributed by atoms with E-state index in [1.807, 2.05) is 13.8 Å². The zero-order valence-corrected chi connectivity index (χ0v) is 10.9. The third-order valence-electron chi connectivity index (χ3n) is 2.74. The highest BCUT2D eigenvalue weighted by atomic mass is 16.4. The van der Waals surface area contributed by atoms with E-state index in [-0.39, 0.29) is 35.5 Å². The first kappa shape index (κ1) is 15.0. The van der Waals surface area contributed by atoms with Gasteiger partial charge in [-0.3, -0.25) is 4.79 Å². The van der Waals surface area contributed by atoms with E-state index in [1.54, 1.807) is 0 Å². The van der Waals surface area contributed by atoms with E-state index in [0.29, 0.717) is 0 Å². The monoisotopic (exact) mass is 266 g/mol. The number of carbonyl (C=O) groups excluding carboxylic acids is 1. The van der Waals surface area contributed by atoms with Gasteiger partial charge in [0.15, 0.2) is 0 Å². The van der Waals surface area contributed by atoms with Gasteiger partial charge in [0.2, 0.25) is 5.91 Å². The molecule has 0 heterocycles. The molecule has 0 radical (unpaired) electrons. The van der Waals surface area contributed by atoms with Crippen LogP contribution in [-0.2, 0) is 4.79 Å². The molecule has 0 fully saturated rings. The van der Waals surface area contributed by atoms with E-state index in [0.717, 1.165) is 6.42 Å². The minimum atomic E-state index is -1.12. The molecule has 1 atom stereocenters. The first-order valence-corrected chi connectivity index (χ1v) is 6.03. The van der Waals surface area contributed by atoms with Gasteiger partial charge in [-0.2, -0.15) is 0 Å². The van der Waals surface area contributed by atoms with Crippen LogP contribution in [0.3, 0.4) is 0 Å². The Morgan fingerprint density at radius 2 is 2.05 bits per heavy atom. The Morgan fingerprint density at radius 1 is 1.37 bits per heavy atom. The van der Waals surface area contributed by atoms with Gasteiger partial charge in [0.05, 0.1) is 17.8 Å². The van der Waals surface area contributed by atoms with Crippen molar-refractivity contribution in [1.29, 1.82) is 0 Å². The van der Waals surface area contributed by atoms with Crippen LogP contribution in [0.25, 0.3) is 0 Å². The Bertz CT molecular complexity index is 474. The number of nitrogens with one attached hydrogen (secondary N) is 2. The van der Waals surface area contributed by atoms with Crippen molar-refractivity contribution in [2.45, 2.75) is 26.3 Å². The fourth-order valence-corrected chi connectivity index (χ4v) is 1.37. The van der Waals surface area contributed by atoms with Crippen LogP contribution in [0.5, 0.6) is 5.75 Å². The van der Waals surface area contributed by atoms with Gasteiger partial charge in [0, 0.05) is 6.04 Å². The molecule has 0 aliphatic carbocycles. The summed E-state index contributed by atoms with van der Waals surface area (Å²) >= 11 is 0. The number of phenols is 1. The first-order chi connectivity index (χ1) is 8.93. The molecular weight excluding hydrogens is 248 g/mol.